The van der Waals surface area contributed by atoms with Gasteiger partial charge in [-0.05, 0) is 25.0 Å². The normalized spacial score (nSPS) is 17.3. The molecule has 0 aromatic heterocycles. The van der Waals surface area contributed by atoms with Gasteiger partial charge in [-0.1, -0.05) is 24.3 Å². The number of aliphatic imine (C=N–C) groups is 1. The summed E-state index contributed by atoms with van der Waals surface area (Å²) in [5.74, 6) is 0.825. The summed E-state index contributed by atoms with van der Waals surface area (Å²) < 4.78 is 10.6. The van der Waals surface area contributed by atoms with Crippen molar-refractivity contribution in [2.45, 2.75) is 33.0 Å². The van der Waals surface area contributed by atoms with Gasteiger partial charge < -0.3 is 20.1 Å². The molecular formula is C19H32N4O2. The smallest absolute Gasteiger partial charge is 0.191 e. The Labute approximate surface area is 151 Å². The Balaban J connectivity index is 1.93. The van der Waals surface area contributed by atoms with Crippen LogP contribution in [0, 0.1) is 0 Å². The summed E-state index contributed by atoms with van der Waals surface area (Å²) in [5, 5.41) is 6.64. The topological polar surface area (TPSA) is 58.1 Å². The Bertz CT molecular complexity index is 530. The minimum absolute atomic E-state index is 0.218. The molecule has 25 heavy (non-hydrogen) atoms. The average molecular weight is 348 g/mol. The van der Waals surface area contributed by atoms with Gasteiger partial charge in [0.2, 0.25) is 0 Å². The molecule has 0 radical (unpaired) electrons. The molecule has 140 valence electrons. The standard InChI is InChI=1S/C19H32N4O2/c1-4-20-19(22-16(2)15-24-3)21-13-17-6-5-7-18(12-17)14-23-8-10-25-11-9-23/h5-7,12,16H,4,8-11,13-15H2,1-3H3,(H2,20,21,22). The number of nitrogens with zero attached hydrogens (tertiary/aromatic N) is 2. The number of benzene rings is 1. The van der Waals surface area contributed by atoms with Crippen molar-refractivity contribution in [1.29, 1.82) is 0 Å². The van der Waals surface area contributed by atoms with Crippen LogP contribution in [-0.4, -0.2) is 63.5 Å². The fourth-order valence-corrected chi connectivity index (χ4v) is 2.86. The third kappa shape index (κ3) is 7.42. The summed E-state index contributed by atoms with van der Waals surface area (Å²) in [4.78, 5) is 7.13. The molecule has 0 saturated carbocycles. The fourth-order valence-electron chi connectivity index (χ4n) is 2.86. The average Bonchev–Trinajstić information content (AvgIpc) is 2.61. The molecule has 1 unspecified atom stereocenters. The minimum Gasteiger partial charge on any atom is -0.383 e. The molecule has 1 aromatic rings. The molecule has 1 saturated heterocycles. The van der Waals surface area contributed by atoms with Crippen LogP contribution in [0.4, 0.5) is 0 Å². The van der Waals surface area contributed by atoms with Crippen molar-refractivity contribution in [3.05, 3.63) is 35.4 Å². The van der Waals surface area contributed by atoms with E-state index in [1.165, 1.54) is 11.1 Å². The first-order chi connectivity index (χ1) is 12.2. The van der Waals surface area contributed by atoms with E-state index in [1.807, 2.05) is 0 Å². The Morgan fingerprint density at radius 1 is 1.32 bits per heavy atom. The highest BCUT2D eigenvalue weighted by Gasteiger charge is 2.11. The van der Waals surface area contributed by atoms with Crippen LogP contribution in [0.15, 0.2) is 29.3 Å². The monoisotopic (exact) mass is 348 g/mol. The lowest BCUT2D eigenvalue weighted by Crippen LogP contribution is -2.43. The van der Waals surface area contributed by atoms with Crippen molar-refractivity contribution in [2.75, 3.05) is 46.6 Å². The van der Waals surface area contributed by atoms with Crippen molar-refractivity contribution in [2.24, 2.45) is 4.99 Å². The van der Waals surface area contributed by atoms with Crippen LogP contribution in [0.25, 0.3) is 0 Å². The number of morpholine rings is 1. The van der Waals surface area contributed by atoms with E-state index in [0.29, 0.717) is 13.2 Å². The van der Waals surface area contributed by atoms with Gasteiger partial charge in [-0.3, -0.25) is 4.90 Å². The number of hydrogen-bond donors (Lipinski definition) is 2. The molecule has 2 N–H and O–H groups in total. The van der Waals surface area contributed by atoms with E-state index in [-0.39, 0.29) is 6.04 Å². The Morgan fingerprint density at radius 3 is 2.80 bits per heavy atom. The second-order valence-corrected chi connectivity index (χ2v) is 6.40. The van der Waals surface area contributed by atoms with E-state index >= 15 is 0 Å². The third-order valence-electron chi connectivity index (χ3n) is 4.07. The van der Waals surface area contributed by atoms with Gasteiger partial charge in [0, 0.05) is 39.3 Å². The summed E-state index contributed by atoms with van der Waals surface area (Å²) in [6.07, 6.45) is 0. The quantitative estimate of drug-likeness (QED) is 0.552. The van der Waals surface area contributed by atoms with Crippen molar-refractivity contribution in [3.63, 3.8) is 0 Å². The molecule has 6 nitrogen and oxygen atoms in total. The van der Waals surface area contributed by atoms with Gasteiger partial charge >= 0.3 is 0 Å². The summed E-state index contributed by atoms with van der Waals surface area (Å²) in [6.45, 7) is 11.0. The first-order valence-electron chi connectivity index (χ1n) is 9.13. The molecular weight excluding hydrogens is 316 g/mol. The molecule has 1 atom stereocenters. The number of nitrogens with one attached hydrogen (secondary N) is 2. The van der Waals surface area contributed by atoms with Crippen molar-refractivity contribution in [3.8, 4) is 0 Å². The number of guanidine groups is 1. The molecule has 0 bridgehead atoms. The molecule has 1 fully saturated rings. The largest absolute Gasteiger partial charge is 0.383 e. The van der Waals surface area contributed by atoms with Gasteiger partial charge in [-0.2, -0.15) is 0 Å². The van der Waals surface area contributed by atoms with E-state index in [0.717, 1.165) is 45.4 Å². The lowest BCUT2D eigenvalue weighted by atomic mass is 10.1. The van der Waals surface area contributed by atoms with Gasteiger partial charge in [0.1, 0.15) is 0 Å². The van der Waals surface area contributed by atoms with Gasteiger partial charge in [0.25, 0.3) is 0 Å². The van der Waals surface area contributed by atoms with Crippen LogP contribution in [0.1, 0.15) is 25.0 Å². The van der Waals surface area contributed by atoms with Crippen LogP contribution in [0.2, 0.25) is 0 Å². The predicted octanol–water partition coefficient (Wildman–Crippen LogP) is 1.61. The van der Waals surface area contributed by atoms with Crippen molar-refractivity contribution >= 4 is 5.96 Å². The van der Waals surface area contributed by atoms with Crippen LogP contribution in [0.3, 0.4) is 0 Å². The zero-order valence-electron chi connectivity index (χ0n) is 15.8. The summed E-state index contributed by atoms with van der Waals surface area (Å²) in [5.41, 5.74) is 2.56. The van der Waals surface area contributed by atoms with Crippen LogP contribution in [-0.2, 0) is 22.6 Å². The fraction of sp³-hybridized carbons (Fsp3) is 0.632. The summed E-state index contributed by atoms with van der Waals surface area (Å²) in [6, 6.07) is 8.91. The maximum Gasteiger partial charge on any atom is 0.191 e. The first kappa shape index (κ1) is 19.7. The number of rotatable bonds is 8. The van der Waals surface area contributed by atoms with E-state index in [1.54, 1.807) is 7.11 Å². The van der Waals surface area contributed by atoms with Crippen molar-refractivity contribution < 1.29 is 9.47 Å². The summed E-state index contributed by atoms with van der Waals surface area (Å²) in [7, 11) is 1.71. The van der Waals surface area contributed by atoms with Gasteiger partial charge in [-0.25, -0.2) is 4.99 Å². The zero-order valence-corrected chi connectivity index (χ0v) is 15.8. The number of methoxy groups -OCH3 is 1. The predicted molar refractivity (Wildman–Crippen MR) is 102 cm³/mol. The molecule has 2 rings (SSSR count). The molecule has 0 amide bonds. The lowest BCUT2D eigenvalue weighted by molar-refractivity contribution is 0.0342. The highest BCUT2D eigenvalue weighted by atomic mass is 16.5. The highest BCUT2D eigenvalue weighted by Crippen LogP contribution is 2.11. The van der Waals surface area contributed by atoms with E-state index in [2.05, 4.69) is 53.6 Å². The maximum atomic E-state index is 5.42. The lowest BCUT2D eigenvalue weighted by Gasteiger charge is -2.26. The number of hydrogen-bond acceptors (Lipinski definition) is 4. The molecule has 0 aliphatic carbocycles. The van der Waals surface area contributed by atoms with E-state index in [4.69, 9.17) is 14.5 Å². The van der Waals surface area contributed by atoms with E-state index < -0.39 is 0 Å². The highest BCUT2D eigenvalue weighted by molar-refractivity contribution is 5.80. The zero-order chi connectivity index (χ0) is 17.9. The SMILES string of the molecule is CCNC(=NCc1cccc(CN2CCOCC2)c1)NC(C)COC. The van der Waals surface area contributed by atoms with Gasteiger partial charge in [-0.15, -0.1) is 0 Å². The molecule has 1 aliphatic rings. The third-order valence-corrected chi connectivity index (χ3v) is 4.07. The van der Waals surface area contributed by atoms with Gasteiger partial charge in [0.05, 0.1) is 26.4 Å². The first-order valence-corrected chi connectivity index (χ1v) is 9.13. The molecule has 1 aliphatic heterocycles. The Hall–Kier alpha value is -1.63. The molecule has 1 heterocycles. The number of ether oxygens (including phenoxy) is 2. The molecule has 6 heteroatoms. The Morgan fingerprint density at radius 2 is 2.08 bits per heavy atom. The van der Waals surface area contributed by atoms with Crippen LogP contribution in [0.5, 0.6) is 0 Å². The second kappa shape index (κ2) is 11.1. The summed E-state index contributed by atoms with van der Waals surface area (Å²) >= 11 is 0. The maximum absolute atomic E-state index is 5.42. The van der Waals surface area contributed by atoms with Crippen LogP contribution >= 0.6 is 0 Å². The second-order valence-electron chi connectivity index (χ2n) is 6.40. The van der Waals surface area contributed by atoms with Gasteiger partial charge in [0.15, 0.2) is 5.96 Å². The Kier molecular flexibility index (Phi) is 8.72. The molecule has 1 aromatic carbocycles. The minimum atomic E-state index is 0.218. The van der Waals surface area contributed by atoms with Crippen LogP contribution < -0.4 is 10.6 Å². The molecule has 0 spiro atoms. The van der Waals surface area contributed by atoms with Crippen molar-refractivity contribution in [1.82, 2.24) is 15.5 Å². The van der Waals surface area contributed by atoms with E-state index in [9.17, 15) is 0 Å².